The molecule has 0 radical (unpaired) electrons. The van der Waals surface area contributed by atoms with Crippen LogP contribution < -0.4 is 10.1 Å². The van der Waals surface area contributed by atoms with Crippen LogP contribution in [0.2, 0.25) is 0 Å². The van der Waals surface area contributed by atoms with Crippen molar-refractivity contribution in [3.63, 3.8) is 0 Å². The summed E-state index contributed by atoms with van der Waals surface area (Å²) >= 11 is 0. The lowest BCUT2D eigenvalue weighted by Gasteiger charge is -2.09. The Morgan fingerprint density at radius 2 is 2.29 bits per heavy atom. The summed E-state index contributed by atoms with van der Waals surface area (Å²) in [5.41, 5.74) is 2.51. The van der Waals surface area contributed by atoms with Crippen LogP contribution in [0.4, 0.5) is 0 Å². The maximum absolute atomic E-state index is 12.3. The van der Waals surface area contributed by atoms with Gasteiger partial charge < -0.3 is 14.9 Å². The first-order chi connectivity index (χ1) is 11.7. The van der Waals surface area contributed by atoms with Crippen LogP contribution in [0, 0.1) is 0 Å². The Hall–Kier alpha value is -2.83. The molecule has 126 valence electrons. The first kappa shape index (κ1) is 16.0. The van der Waals surface area contributed by atoms with Gasteiger partial charge in [-0.05, 0) is 19.1 Å². The monoisotopic (exact) mass is 328 g/mol. The number of para-hydroxylation sites is 1. The smallest absolute Gasteiger partial charge is 0.264 e. The molecular formula is C17H20N4O3. The highest BCUT2D eigenvalue weighted by atomic mass is 16.6. The minimum Gasteiger partial charge on any atom is -0.496 e. The largest absolute Gasteiger partial charge is 0.496 e. The summed E-state index contributed by atoms with van der Waals surface area (Å²) in [4.78, 5) is 17.6. The zero-order valence-electron chi connectivity index (χ0n) is 13.7. The molecule has 0 saturated carbocycles. The molecule has 2 aromatic rings. The van der Waals surface area contributed by atoms with Crippen molar-refractivity contribution < 1.29 is 14.4 Å². The minimum atomic E-state index is -0.619. The predicted molar refractivity (Wildman–Crippen MR) is 88.8 cm³/mol. The van der Waals surface area contributed by atoms with Gasteiger partial charge in [0.2, 0.25) is 6.10 Å². The van der Waals surface area contributed by atoms with Gasteiger partial charge in [-0.2, -0.15) is 5.10 Å². The number of oxime groups is 1. The number of aryl methyl sites for hydroxylation is 1. The van der Waals surface area contributed by atoms with Crippen molar-refractivity contribution in [3.8, 4) is 5.75 Å². The van der Waals surface area contributed by atoms with Crippen LogP contribution in [0.5, 0.6) is 5.75 Å². The fraction of sp³-hybridized carbons (Fsp3) is 0.353. The Morgan fingerprint density at radius 1 is 1.46 bits per heavy atom. The summed E-state index contributed by atoms with van der Waals surface area (Å²) in [7, 11) is 1.61. The fourth-order valence-corrected chi connectivity index (χ4v) is 2.53. The van der Waals surface area contributed by atoms with Crippen LogP contribution in [0.1, 0.15) is 24.5 Å². The number of nitrogens with one attached hydrogen (secondary N) is 1. The second-order valence-corrected chi connectivity index (χ2v) is 5.46. The number of carbonyl (C=O) groups is 1. The van der Waals surface area contributed by atoms with E-state index in [-0.39, 0.29) is 5.91 Å². The number of hydrogen-bond donors (Lipinski definition) is 1. The molecule has 1 aliphatic heterocycles. The van der Waals surface area contributed by atoms with Gasteiger partial charge >= 0.3 is 0 Å². The van der Waals surface area contributed by atoms with Gasteiger partial charge in [0, 0.05) is 36.8 Å². The average molecular weight is 328 g/mol. The molecule has 3 rings (SSSR count). The summed E-state index contributed by atoms with van der Waals surface area (Å²) < 4.78 is 7.14. The third-order valence-corrected chi connectivity index (χ3v) is 3.86. The van der Waals surface area contributed by atoms with E-state index in [2.05, 4.69) is 15.6 Å². The first-order valence-electron chi connectivity index (χ1n) is 7.86. The Morgan fingerprint density at radius 3 is 3.04 bits per heavy atom. The lowest BCUT2D eigenvalue weighted by atomic mass is 10.0. The zero-order valence-corrected chi connectivity index (χ0v) is 13.7. The second kappa shape index (κ2) is 7.16. The van der Waals surface area contributed by atoms with Gasteiger partial charge in [-0.3, -0.25) is 9.48 Å². The summed E-state index contributed by atoms with van der Waals surface area (Å²) in [6.07, 6.45) is 3.45. The van der Waals surface area contributed by atoms with E-state index in [1.54, 1.807) is 13.3 Å². The number of aromatic nitrogens is 2. The van der Waals surface area contributed by atoms with Gasteiger partial charge in [0.05, 0.1) is 19.0 Å². The standard InChI is InChI=1S/C17H20N4O3/c1-3-21-11-12(10-19-21)9-18-17(22)16-8-14(20-24-16)13-6-4-5-7-15(13)23-2/h4-7,10-11,16H,3,8-9H2,1-2H3,(H,18,22). The Labute approximate surface area is 140 Å². The van der Waals surface area contributed by atoms with Gasteiger partial charge in [-0.25, -0.2) is 0 Å². The average Bonchev–Trinajstić information content (AvgIpc) is 3.29. The molecule has 1 aliphatic rings. The van der Waals surface area contributed by atoms with Gasteiger partial charge in [0.15, 0.2) is 0 Å². The van der Waals surface area contributed by atoms with Crippen LogP contribution in [0.25, 0.3) is 0 Å². The Bertz CT molecular complexity index is 754. The van der Waals surface area contributed by atoms with Crippen molar-refractivity contribution in [1.82, 2.24) is 15.1 Å². The molecule has 0 spiro atoms. The summed E-state index contributed by atoms with van der Waals surface area (Å²) in [5, 5.41) is 11.1. The number of methoxy groups -OCH3 is 1. The van der Waals surface area contributed by atoms with E-state index in [1.165, 1.54) is 0 Å². The van der Waals surface area contributed by atoms with Crippen LogP contribution in [0.15, 0.2) is 41.8 Å². The van der Waals surface area contributed by atoms with E-state index >= 15 is 0 Å². The van der Waals surface area contributed by atoms with E-state index in [4.69, 9.17) is 9.57 Å². The van der Waals surface area contributed by atoms with Crippen LogP contribution >= 0.6 is 0 Å². The van der Waals surface area contributed by atoms with E-state index < -0.39 is 6.10 Å². The molecule has 7 nitrogen and oxygen atoms in total. The SMILES string of the molecule is CCn1cc(CNC(=O)C2CC(c3ccccc3OC)=NO2)cn1. The van der Waals surface area contributed by atoms with Crippen LogP contribution in [0.3, 0.4) is 0 Å². The molecule has 2 heterocycles. The molecule has 1 N–H and O–H groups in total. The predicted octanol–water partition coefficient (Wildman–Crippen LogP) is 1.72. The van der Waals surface area contributed by atoms with E-state index in [0.29, 0.717) is 24.4 Å². The van der Waals surface area contributed by atoms with E-state index in [1.807, 2.05) is 42.1 Å². The third-order valence-electron chi connectivity index (χ3n) is 3.86. The number of amides is 1. The molecule has 7 heteroatoms. The van der Waals surface area contributed by atoms with Gasteiger partial charge in [-0.1, -0.05) is 17.3 Å². The fourth-order valence-electron chi connectivity index (χ4n) is 2.53. The van der Waals surface area contributed by atoms with Crippen molar-refractivity contribution in [1.29, 1.82) is 0 Å². The van der Waals surface area contributed by atoms with Crippen LogP contribution in [-0.4, -0.2) is 34.6 Å². The Kier molecular flexibility index (Phi) is 4.79. The van der Waals surface area contributed by atoms with Crippen molar-refractivity contribution in [3.05, 3.63) is 47.8 Å². The molecule has 1 atom stereocenters. The number of hydrogen-bond acceptors (Lipinski definition) is 5. The van der Waals surface area contributed by atoms with Crippen molar-refractivity contribution in [2.24, 2.45) is 5.16 Å². The number of carbonyl (C=O) groups excluding carboxylic acids is 1. The molecule has 1 aromatic heterocycles. The zero-order chi connectivity index (χ0) is 16.9. The topological polar surface area (TPSA) is 77.7 Å². The quantitative estimate of drug-likeness (QED) is 0.876. The van der Waals surface area contributed by atoms with Gasteiger partial charge in [-0.15, -0.1) is 0 Å². The normalized spacial score (nSPS) is 16.4. The lowest BCUT2D eigenvalue weighted by Crippen LogP contribution is -2.34. The molecule has 1 amide bonds. The second-order valence-electron chi connectivity index (χ2n) is 5.46. The number of ether oxygens (including phenoxy) is 1. The van der Waals surface area contributed by atoms with Gasteiger partial charge in [0.25, 0.3) is 5.91 Å². The summed E-state index contributed by atoms with van der Waals surface area (Å²) in [6, 6.07) is 7.55. The van der Waals surface area contributed by atoms with Crippen molar-refractivity contribution >= 4 is 11.6 Å². The lowest BCUT2D eigenvalue weighted by molar-refractivity contribution is -0.131. The number of benzene rings is 1. The molecule has 0 aliphatic carbocycles. The van der Waals surface area contributed by atoms with Crippen molar-refractivity contribution in [2.45, 2.75) is 32.5 Å². The molecule has 0 fully saturated rings. The highest BCUT2D eigenvalue weighted by molar-refractivity contribution is 6.05. The minimum absolute atomic E-state index is 0.187. The molecule has 24 heavy (non-hydrogen) atoms. The summed E-state index contributed by atoms with van der Waals surface area (Å²) in [6.45, 7) is 3.23. The van der Waals surface area contributed by atoms with Gasteiger partial charge in [0.1, 0.15) is 5.75 Å². The van der Waals surface area contributed by atoms with Crippen molar-refractivity contribution in [2.75, 3.05) is 7.11 Å². The van der Waals surface area contributed by atoms with E-state index in [9.17, 15) is 4.79 Å². The molecule has 0 bridgehead atoms. The first-order valence-corrected chi connectivity index (χ1v) is 7.86. The molecule has 1 aromatic carbocycles. The van der Waals surface area contributed by atoms with E-state index in [0.717, 1.165) is 17.7 Å². The van der Waals surface area contributed by atoms with Crippen LogP contribution in [-0.2, 0) is 22.7 Å². The molecule has 0 saturated heterocycles. The maximum atomic E-state index is 12.3. The molecular weight excluding hydrogens is 308 g/mol. The third kappa shape index (κ3) is 3.40. The number of rotatable bonds is 6. The Balaban J connectivity index is 1.57. The molecule has 1 unspecified atom stereocenters. The highest BCUT2D eigenvalue weighted by Gasteiger charge is 2.29. The highest BCUT2D eigenvalue weighted by Crippen LogP contribution is 2.24. The number of nitrogens with zero attached hydrogens (tertiary/aromatic N) is 3. The summed E-state index contributed by atoms with van der Waals surface area (Å²) in [5.74, 6) is 0.529. The maximum Gasteiger partial charge on any atom is 0.264 e.